The Morgan fingerprint density at radius 3 is 2.68 bits per heavy atom. The molecule has 0 aromatic carbocycles. The fourth-order valence-electron chi connectivity index (χ4n) is 3.72. The molecule has 1 aromatic rings. The summed E-state index contributed by atoms with van der Waals surface area (Å²) in [4.78, 5) is 17.2. The maximum Gasteiger partial charge on any atom is 0.227 e. The van der Waals surface area contributed by atoms with E-state index in [4.69, 9.17) is 0 Å². The van der Waals surface area contributed by atoms with Crippen LogP contribution in [0.5, 0.6) is 0 Å². The van der Waals surface area contributed by atoms with Gasteiger partial charge in [0.25, 0.3) is 0 Å². The molecule has 0 bridgehead atoms. The van der Waals surface area contributed by atoms with Gasteiger partial charge in [0.2, 0.25) is 5.91 Å². The fraction of sp³-hybridized carbons (Fsp3) is 0.778. The van der Waals surface area contributed by atoms with Crippen molar-refractivity contribution in [1.82, 2.24) is 24.9 Å². The van der Waals surface area contributed by atoms with Crippen LogP contribution in [-0.4, -0.2) is 64.8 Å². The van der Waals surface area contributed by atoms with Crippen LogP contribution >= 0.6 is 12.4 Å². The molecule has 1 unspecified atom stereocenters. The van der Waals surface area contributed by atoms with E-state index in [-0.39, 0.29) is 18.3 Å². The van der Waals surface area contributed by atoms with Crippen molar-refractivity contribution in [2.75, 3.05) is 39.3 Å². The van der Waals surface area contributed by atoms with Gasteiger partial charge >= 0.3 is 0 Å². The maximum absolute atomic E-state index is 12.8. The molecule has 25 heavy (non-hydrogen) atoms. The first kappa shape index (κ1) is 20.2. The summed E-state index contributed by atoms with van der Waals surface area (Å²) in [6.45, 7) is 12.8. The Morgan fingerprint density at radius 1 is 1.32 bits per heavy atom. The number of hydrogen-bond acceptors (Lipinski definition) is 4. The van der Waals surface area contributed by atoms with Crippen molar-refractivity contribution in [3.8, 4) is 0 Å². The standard InChI is InChI=1S/C18H31N5O.ClH/c1-14(2)23-13-17(15(3)20-23)12-21-8-4-5-16(11-21)18(24)22-9-6-19-7-10-22;/h13-14,16,19H,4-12H2,1-3H3;1H. The van der Waals surface area contributed by atoms with Crippen LogP contribution < -0.4 is 5.32 Å². The van der Waals surface area contributed by atoms with Gasteiger partial charge in [-0.1, -0.05) is 0 Å². The molecular formula is C18H32ClN5O. The van der Waals surface area contributed by atoms with Gasteiger partial charge in [-0.15, -0.1) is 12.4 Å². The molecule has 6 nitrogen and oxygen atoms in total. The minimum atomic E-state index is 0. The molecule has 0 saturated carbocycles. The third-order valence-corrected chi connectivity index (χ3v) is 5.22. The van der Waals surface area contributed by atoms with Crippen LogP contribution in [0.4, 0.5) is 0 Å². The molecule has 0 aliphatic carbocycles. The number of amides is 1. The lowest BCUT2D eigenvalue weighted by molar-refractivity contribution is -0.138. The molecule has 2 aliphatic rings. The second-order valence-corrected chi connectivity index (χ2v) is 7.46. The number of aromatic nitrogens is 2. The topological polar surface area (TPSA) is 53.4 Å². The monoisotopic (exact) mass is 369 g/mol. The summed E-state index contributed by atoms with van der Waals surface area (Å²) < 4.78 is 2.04. The van der Waals surface area contributed by atoms with Crippen molar-refractivity contribution in [2.24, 2.45) is 5.92 Å². The van der Waals surface area contributed by atoms with E-state index in [1.54, 1.807) is 0 Å². The minimum absolute atomic E-state index is 0. The molecular weight excluding hydrogens is 338 g/mol. The predicted octanol–water partition coefficient (Wildman–Crippen LogP) is 1.84. The van der Waals surface area contributed by atoms with Crippen molar-refractivity contribution in [3.63, 3.8) is 0 Å². The average Bonchev–Trinajstić information content (AvgIpc) is 2.96. The molecule has 0 radical (unpaired) electrons. The number of aryl methyl sites for hydroxylation is 1. The first-order valence-electron chi connectivity index (χ1n) is 9.31. The molecule has 2 saturated heterocycles. The molecule has 0 spiro atoms. The number of piperazine rings is 1. The Kier molecular flexibility index (Phi) is 7.28. The fourth-order valence-corrected chi connectivity index (χ4v) is 3.72. The smallest absolute Gasteiger partial charge is 0.227 e. The SMILES string of the molecule is Cc1nn(C(C)C)cc1CN1CCCC(C(=O)N2CCNCC2)C1.Cl. The van der Waals surface area contributed by atoms with Crippen LogP contribution in [0.15, 0.2) is 6.20 Å². The molecule has 1 aromatic heterocycles. The predicted molar refractivity (Wildman–Crippen MR) is 102 cm³/mol. The molecule has 3 rings (SSSR count). The summed E-state index contributed by atoms with van der Waals surface area (Å²) >= 11 is 0. The zero-order valence-corrected chi connectivity index (χ0v) is 16.5. The van der Waals surface area contributed by atoms with E-state index in [1.165, 1.54) is 5.56 Å². The van der Waals surface area contributed by atoms with E-state index < -0.39 is 0 Å². The normalized spacial score (nSPS) is 22.1. The van der Waals surface area contributed by atoms with Crippen molar-refractivity contribution in [3.05, 3.63) is 17.5 Å². The van der Waals surface area contributed by atoms with Gasteiger partial charge < -0.3 is 10.2 Å². The van der Waals surface area contributed by atoms with Crippen LogP contribution in [0, 0.1) is 12.8 Å². The van der Waals surface area contributed by atoms with E-state index >= 15 is 0 Å². The second kappa shape index (κ2) is 9.01. The Balaban J connectivity index is 0.00000225. The highest BCUT2D eigenvalue weighted by Crippen LogP contribution is 2.22. The number of nitrogens with one attached hydrogen (secondary N) is 1. The van der Waals surface area contributed by atoms with Crippen LogP contribution in [0.25, 0.3) is 0 Å². The molecule has 1 atom stereocenters. The zero-order valence-electron chi connectivity index (χ0n) is 15.7. The first-order chi connectivity index (χ1) is 11.5. The number of hydrogen-bond donors (Lipinski definition) is 1. The van der Waals surface area contributed by atoms with Crippen LogP contribution in [0.2, 0.25) is 0 Å². The quantitative estimate of drug-likeness (QED) is 0.879. The van der Waals surface area contributed by atoms with Crippen LogP contribution in [0.3, 0.4) is 0 Å². The summed E-state index contributed by atoms with van der Waals surface area (Å²) in [5, 5.41) is 7.93. The Morgan fingerprint density at radius 2 is 2.04 bits per heavy atom. The van der Waals surface area contributed by atoms with Gasteiger partial charge in [0.15, 0.2) is 0 Å². The van der Waals surface area contributed by atoms with Gasteiger partial charge in [0.1, 0.15) is 0 Å². The van der Waals surface area contributed by atoms with Gasteiger partial charge in [0.05, 0.1) is 11.6 Å². The summed E-state index contributed by atoms with van der Waals surface area (Å²) in [5.74, 6) is 0.521. The average molecular weight is 370 g/mol. The van der Waals surface area contributed by atoms with Crippen LogP contribution in [0.1, 0.15) is 44.0 Å². The van der Waals surface area contributed by atoms with Gasteiger partial charge in [-0.3, -0.25) is 14.4 Å². The number of halogens is 1. The highest BCUT2D eigenvalue weighted by atomic mass is 35.5. The van der Waals surface area contributed by atoms with Crippen molar-refractivity contribution in [1.29, 1.82) is 0 Å². The molecule has 3 heterocycles. The highest BCUT2D eigenvalue weighted by Gasteiger charge is 2.30. The lowest BCUT2D eigenvalue weighted by Gasteiger charge is -2.36. The second-order valence-electron chi connectivity index (χ2n) is 7.46. The third-order valence-electron chi connectivity index (χ3n) is 5.22. The number of piperidine rings is 1. The number of nitrogens with zero attached hydrogens (tertiary/aromatic N) is 4. The lowest BCUT2D eigenvalue weighted by Crippen LogP contribution is -2.51. The van der Waals surface area contributed by atoms with E-state index in [1.807, 2.05) is 9.58 Å². The zero-order chi connectivity index (χ0) is 17.1. The van der Waals surface area contributed by atoms with E-state index in [0.717, 1.165) is 64.3 Å². The molecule has 2 aliphatic heterocycles. The van der Waals surface area contributed by atoms with Gasteiger partial charge in [-0.25, -0.2) is 0 Å². The first-order valence-corrected chi connectivity index (χ1v) is 9.31. The van der Waals surface area contributed by atoms with E-state index in [0.29, 0.717) is 11.9 Å². The maximum atomic E-state index is 12.8. The number of carbonyl (C=O) groups excluding carboxylic acids is 1. The van der Waals surface area contributed by atoms with Crippen LogP contribution in [-0.2, 0) is 11.3 Å². The minimum Gasteiger partial charge on any atom is -0.340 e. The molecule has 1 amide bonds. The summed E-state index contributed by atoms with van der Waals surface area (Å²) in [7, 11) is 0. The summed E-state index contributed by atoms with van der Waals surface area (Å²) in [5.41, 5.74) is 2.40. The van der Waals surface area contributed by atoms with Gasteiger partial charge in [-0.05, 0) is 40.2 Å². The summed E-state index contributed by atoms with van der Waals surface area (Å²) in [6, 6.07) is 0.390. The number of rotatable bonds is 4. The largest absolute Gasteiger partial charge is 0.340 e. The van der Waals surface area contributed by atoms with Crippen molar-refractivity contribution in [2.45, 2.75) is 46.2 Å². The number of carbonyl (C=O) groups is 1. The lowest BCUT2D eigenvalue weighted by atomic mass is 9.96. The van der Waals surface area contributed by atoms with Crippen molar-refractivity contribution >= 4 is 18.3 Å². The molecule has 1 N–H and O–H groups in total. The molecule has 142 valence electrons. The van der Waals surface area contributed by atoms with E-state index in [9.17, 15) is 4.79 Å². The van der Waals surface area contributed by atoms with Gasteiger partial charge in [-0.2, -0.15) is 5.10 Å². The molecule has 7 heteroatoms. The molecule has 2 fully saturated rings. The Labute approximate surface area is 157 Å². The Bertz CT molecular complexity index is 568. The third kappa shape index (κ3) is 4.96. The van der Waals surface area contributed by atoms with E-state index in [2.05, 4.69) is 42.3 Å². The summed E-state index contributed by atoms with van der Waals surface area (Å²) in [6.07, 6.45) is 4.31. The highest BCUT2D eigenvalue weighted by molar-refractivity contribution is 5.85. The number of likely N-dealkylation sites (tertiary alicyclic amines) is 1. The van der Waals surface area contributed by atoms with Gasteiger partial charge in [0, 0.05) is 57.1 Å². The Hall–Kier alpha value is -1.11. The van der Waals surface area contributed by atoms with Crippen molar-refractivity contribution < 1.29 is 4.79 Å².